The molecular weight excluding hydrogens is 398 g/mol. The predicted molar refractivity (Wildman–Crippen MR) is 114 cm³/mol. The summed E-state index contributed by atoms with van der Waals surface area (Å²) >= 11 is 7.37. The lowest BCUT2D eigenvalue weighted by atomic mass is 10.2. The van der Waals surface area contributed by atoms with E-state index >= 15 is 0 Å². The van der Waals surface area contributed by atoms with Gasteiger partial charge in [-0.3, -0.25) is 14.5 Å². The smallest absolute Gasteiger partial charge is 0.238 e. The van der Waals surface area contributed by atoms with Crippen molar-refractivity contribution >= 4 is 51.7 Å². The van der Waals surface area contributed by atoms with Crippen LogP contribution in [0.1, 0.15) is 12.0 Å². The lowest BCUT2D eigenvalue weighted by Crippen LogP contribution is -2.43. The van der Waals surface area contributed by atoms with Gasteiger partial charge >= 0.3 is 0 Å². The van der Waals surface area contributed by atoms with E-state index in [0.717, 1.165) is 5.56 Å². The van der Waals surface area contributed by atoms with Gasteiger partial charge in [0.25, 0.3) is 0 Å². The molecule has 0 bridgehead atoms. The van der Waals surface area contributed by atoms with E-state index in [1.807, 2.05) is 25.1 Å². The number of ether oxygens (including phenoxy) is 1. The summed E-state index contributed by atoms with van der Waals surface area (Å²) < 4.78 is 5.31. The fourth-order valence-electron chi connectivity index (χ4n) is 2.62. The Kier molecular flexibility index (Phi) is 6.26. The highest BCUT2D eigenvalue weighted by molar-refractivity contribution is 8.15. The summed E-state index contributed by atoms with van der Waals surface area (Å²) in [7, 11) is 3.21. The van der Waals surface area contributed by atoms with E-state index in [2.05, 4.69) is 10.3 Å². The lowest BCUT2D eigenvalue weighted by molar-refractivity contribution is -0.128. The Balaban J connectivity index is 1.81. The van der Waals surface area contributed by atoms with E-state index in [9.17, 15) is 9.59 Å². The zero-order valence-corrected chi connectivity index (χ0v) is 17.3. The fraction of sp³-hybridized carbons (Fsp3) is 0.250. The number of benzene rings is 2. The van der Waals surface area contributed by atoms with Crippen LogP contribution in [-0.4, -0.2) is 41.3 Å². The molecule has 0 radical (unpaired) electrons. The van der Waals surface area contributed by atoms with Gasteiger partial charge in [0.15, 0.2) is 5.17 Å². The molecule has 28 heavy (non-hydrogen) atoms. The molecule has 0 spiro atoms. The van der Waals surface area contributed by atoms with Crippen molar-refractivity contribution in [3.05, 3.63) is 53.1 Å². The zero-order valence-electron chi connectivity index (χ0n) is 15.7. The van der Waals surface area contributed by atoms with Gasteiger partial charge in [-0.25, -0.2) is 4.99 Å². The van der Waals surface area contributed by atoms with Crippen LogP contribution in [0.15, 0.2) is 47.5 Å². The molecule has 2 aromatic carbocycles. The highest BCUT2D eigenvalue weighted by Gasteiger charge is 2.34. The van der Waals surface area contributed by atoms with Crippen molar-refractivity contribution in [2.24, 2.45) is 4.99 Å². The normalized spacial score (nSPS) is 18.3. The molecule has 2 aromatic rings. The molecule has 1 saturated heterocycles. The first-order chi connectivity index (χ1) is 13.4. The van der Waals surface area contributed by atoms with Crippen LogP contribution in [-0.2, 0) is 9.59 Å². The van der Waals surface area contributed by atoms with Crippen molar-refractivity contribution in [3.63, 3.8) is 0 Å². The topological polar surface area (TPSA) is 71.0 Å². The number of hydrogen-bond donors (Lipinski definition) is 1. The molecule has 1 heterocycles. The molecule has 6 nitrogen and oxygen atoms in total. The van der Waals surface area contributed by atoms with E-state index in [0.29, 0.717) is 27.3 Å². The third-order valence-electron chi connectivity index (χ3n) is 4.30. The van der Waals surface area contributed by atoms with Gasteiger partial charge in [0.1, 0.15) is 16.7 Å². The van der Waals surface area contributed by atoms with Crippen molar-refractivity contribution in [1.82, 2.24) is 4.90 Å². The van der Waals surface area contributed by atoms with Crippen LogP contribution in [0, 0.1) is 6.92 Å². The maximum Gasteiger partial charge on any atom is 0.238 e. The number of hydrogen-bond acceptors (Lipinski definition) is 5. The van der Waals surface area contributed by atoms with Gasteiger partial charge in [-0.2, -0.15) is 0 Å². The third-order valence-corrected chi connectivity index (χ3v) is 5.95. The molecule has 1 aliphatic heterocycles. The lowest BCUT2D eigenvalue weighted by Gasteiger charge is -2.29. The number of amides is 2. The van der Waals surface area contributed by atoms with Crippen molar-refractivity contribution in [1.29, 1.82) is 0 Å². The Morgan fingerprint density at radius 2 is 2.07 bits per heavy atom. The van der Waals surface area contributed by atoms with Crippen LogP contribution >= 0.6 is 23.4 Å². The summed E-state index contributed by atoms with van der Waals surface area (Å²) in [4.78, 5) is 31.1. The Morgan fingerprint density at radius 1 is 1.32 bits per heavy atom. The summed E-state index contributed by atoms with van der Waals surface area (Å²) in [5, 5.41) is 3.26. The number of carbonyl (C=O) groups is 2. The van der Waals surface area contributed by atoms with Gasteiger partial charge in [-0.05, 0) is 36.8 Å². The molecule has 2 amide bonds. The maximum absolute atomic E-state index is 12.7. The zero-order chi connectivity index (χ0) is 20.3. The number of nitrogens with zero attached hydrogens (tertiary/aromatic N) is 2. The van der Waals surface area contributed by atoms with Crippen LogP contribution in [0.2, 0.25) is 5.02 Å². The second-order valence-corrected chi connectivity index (χ2v) is 7.86. The summed E-state index contributed by atoms with van der Waals surface area (Å²) in [6.45, 7) is 1.89. The van der Waals surface area contributed by atoms with Gasteiger partial charge in [0, 0.05) is 24.2 Å². The molecule has 1 aliphatic rings. The minimum atomic E-state index is -0.586. The first-order valence-corrected chi connectivity index (χ1v) is 9.86. The molecule has 0 saturated carbocycles. The quantitative estimate of drug-likeness (QED) is 0.807. The number of thioether (sulfide) groups is 1. The number of nitrogens with one attached hydrogen (secondary N) is 1. The van der Waals surface area contributed by atoms with E-state index in [1.54, 1.807) is 38.4 Å². The molecule has 0 aliphatic carbocycles. The van der Waals surface area contributed by atoms with Crippen molar-refractivity contribution in [2.75, 3.05) is 19.5 Å². The number of aryl methyl sites for hydroxylation is 1. The Labute approximate surface area is 172 Å². The number of aliphatic imine (C=N–C) groups is 1. The number of amidine groups is 1. The molecule has 1 unspecified atom stereocenters. The largest absolute Gasteiger partial charge is 0.494 e. The number of para-hydroxylation sites is 2. The minimum Gasteiger partial charge on any atom is -0.494 e. The Bertz CT molecular complexity index is 948. The SMILES string of the molecule is COc1ccccc1N=C1SC(C(=O)Nc2ccc(C)c(Cl)c2)CC(=O)N1C. The molecule has 1 N–H and O–H groups in total. The average Bonchev–Trinajstić information content (AvgIpc) is 2.68. The van der Waals surface area contributed by atoms with Gasteiger partial charge in [0.2, 0.25) is 11.8 Å². The predicted octanol–water partition coefficient (Wildman–Crippen LogP) is 4.25. The minimum absolute atomic E-state index is 0.0948. The van der Waals surface area contributed by atoms with E-state index in [-0.39, 0.29) is 18.2 Å². The molecule has 146 valence electrons. The summed E-state index contributed by atoms with van der Waals surface area (Å²) in [6, 6.07) is 12.6. The second-order valence-electron chi connectivity index (χ2n) is 6.28. The summed E-state index contributed by atoms with van der Waals surface area (Å²) in [5.41, 5.74) is 2.11. The van der Waals surface area contributed by atoms with Crippen LogP contribution < -0.4 is 10.1 Å². The van der Waals surface area contributed by atoms with Crippen LogP contribution in [0.5, 0.6) is 5.75 Å². The van der Waals surface area contributed by atoms with Gasteiger partial charge in [-0.15, -0.1) is 0 Å². The second kappa shape index (κ2) is 8.67. The first kappa shape index (κ1) is 20.2. The highest BCUT2D eigenvalue weighted by Crippen LogP contribution is 2.32. The Morgan fingerprint density at radius 3 is 2.79 bits per heavy atom. The average molecular weight is 418 g/mol. The van der Waals surface area contributed by atoms with Crippen molar-refractivity contribution in [2.45, 2.75) is 18.6 Å². The maximum atomic E-state index is 12.7. The number of carbonyl (C=O) groups excluding carboxylic acids is 2. The molecule has 0 aromatic heterocycles. The number of anilines is 1. The van der Waals surface area contributed by atoms with Crippen LogP contribution in [0.4, 0.5) is 11.4 Å². The third kappa shape index (κ3) is 4.48. The van der Waals surface area contributed by atoms with Crippen LogP contribution in [0.3, 0.4) is 0 Å². The van der Waals surface area contributed by atoms with Gasteiger partial charge in [-0.1, -0.05) is 41.6 Å². The van der Waals surface area contributed by atoms with Crippen LogP contribution in [0.25, 0.3) is 0 Å². The summed E-state index contributed by atoms with van der Waals surface area (Å²) in [6.07, 6.45) is 0.0948. The van der Waals surface area contributed by atoms with Crippen molar-refractivity contribution < 1.29 is 14.3 Å². The molecule has 3 rings (SSSR count). The summed E-state index contributed by atoms with van der Waals surface area (Å²) in [5.74, 6) is 0.158. The first-order valence-electron chi connectivity index (χ1n) is 8.61. The fourth-order valence-corrected chi connectivity index (χ4v) is 3.85. The number of methoxy groups -OCH3 is 1. The van der Waals surface area contributed by atoms with E-state index in [1.165, 1.54) is 16.7 Å². The van der Waals surface area contributed by atoms with Gasteiger partial charge in [0.05, 0.1) is 7.11 Å². The Hall–Kier alpha value is -2.51. The molecule has 1 atom stereocenters. The number of halogens is 1. The standard InChI is InChI=1S/C20H20ClN3O3S/c1-12-8-9-13(10-14(12)21)22-19(26)17-11-18(25)24(2)20(28-17)23-15-6-4-5-7-16(15)27-3/h4-10,17H,11H2,1-3H3,(H,22,26). The van der Waals surface area contributed by atoms with Gasteiger partial charge < -0.3 is 10.1 Å². The molecule has 8 heteroatoms. The van der Waals surface area contributed by atoms with Crippen molar-refractivity contribution in [3.8, 4) is 5.75 Å². The van der Waals surface area contributed by atoms with E-state index < -0.39 is 5.25 Å². The van der Waals surface area contributed by atoms with E-state index in [4.69, 9.17) is 16.3 Å². The number of rotatable bonds is 4. The molecule has 1 fully saturated rings. The highest BCUT2D eigenvalue weighted by atomic mass is 35.5. The monoisotopic (exact) mass is 417 g/mol. The molecular formula is C20H20ClN3O3S.